The minimum Gasteiger partial charge on any atom is -0.480 e. The van der Waals surface area contributed by atoms with E-state index in [4.69, 9.17) is 14.9 Å². The van der Waals surface area contributed by atoms with Gasteiger partial charge in [-0.1, -0.05) is 6.92 Å². The van der Waals surface area contributed by atoms with Crippen molar-refractivity contribution in [2.75, 3.05) is 12.7 Å². The lowest BCUT2D eigenvalue weighted by Crippen LogP contribution is -2.50. The molecule has 0 aromatic rings. The second kappa shape index (κ2) is 4.61. The molecule has 0 spiro atoms. The maximum absolute atomic E-state index is 10.8. The molecule has 6 nitrogen and oxygen atoms in total. The molecule has 0 radical (unpaired) electrons. The van der Waals surface area contributed by atoms with E-state index >= 15 is 0 Å². The van der Waals surface area contributed by atoms with E-state index in [0.29, 0.717) is 13.0 Å². The lowest BCUT2D eigenvalue weighted by atomic mass is 9.83. The fraction of sp³-hybridized carbons (Fsp3) is 0.875. The van der Waals surface area contributed by atoms with Gasteiger partial charge < -0.3 is 20.2 Å². The van der Waals surface area contributed by atoms with Crippen LogP contribution in [-0.4, -0.2) is 39.6 Å². The Morgan fingerprint density at radius 1 is 1.53 bits per heavy atom. The summed E-state index contributed by atoms with van der Waals surface area (Å²) >= 11 is 0. The normalized spacial score (nSPS) is 32.6. The monoisotopic (exact) mass is 237 g/mol. The van der Waals surface area contributed by atoms with E-state index in [2.05, 4.69) is 5.32 Å². The SMILES string of the molecule is C[C@@H]1[C@H](CP(=O)(O)O)CCN[C@@H]1C(=O)O. The molecule has 0 saturated carbocycles. The van der Waals surface area contributed by atoms with Crippen molar-refractivity contribution in [3.63, 3.8) is 0 Å². The lowest BCUT2D eigenvalue weighted by Gasteiger charge is -2.34. The van der Waals surface area contributed by atoms with Crippen LogP contribution in [0, 0.1) is 11.8 Å². The van der Waals surface area contributed by atoms with E-state index in [0.717, 1.165) is 0 Å². The number of piperidine rings is 1. The number of aliphatic carboxylic acids is 1. The summed E-state index contributed by atoms with van der Waals surface area (Å²) in [5.74, 6) is -1.45. The van der Waals surface area contributed by atoms with Crippen LogP contribution < -0.4 is 5.32 Å². The van der Waals surface area contributed by atoms with Crippen molar-refractivity contribution in [3.8, 4) is 0 Å². The Morgan fingerprint density at radius 2 is 2.13 bits per heavy atom. The minimum atomic E-state index is -4.05. The highest BCUT2D eigenvalue weighted by atomic mass is 31.2. The lowest BCUT2D eigenvalue weighted by molar-refractivity contribution is -0.142. The number of carboxylic acids is 1. The highest BCUT2D eigenvalue weighted by Gasteiger charge is 2.37. The quantitative estimate of drug-likeness (QED) is 0.509. The number of carboxylic acid groups (broad SMARTS) is 1. The number of rotatable bonds is 3. The zero-order valence-electron chi connectivity index (χ0n) is 8.46. The predicted molar refractivity (Wildman–Crippen MR) is 53.6 cm³/mol. The first-order chi connectivity index (χ1) is 6.81. The van der Waals surface area contributed by atoms with E-state index in [-0.39, 0.29) is 18.0 Å². The third kappa shape index (κ3) is 3.57. The Morgan fingerprint density at radius 3 is 2.60 bits per heavy atom. The molecule has 3 atom stereocenters. The zero-order chi connectivity index (χ0) is 11.6. The van der Waals surface area contributed by atoms with E-state index in [1.54, 1.807) is 6.92 Å². The van der Waals surface area contributed by atoms with Crippen molar-refractivity contribution in [2.24, 2.45) is 11.8 Å². The zero-order valence-corrected chi connectivity index (χ0v) is 9.35. The Bertz CT molecular complexity index is 289. The molecular weight excluding hydrogens is 221 g/mol. The molecule has 4 N–H and O–H groups in total. The summed E-state index contributed by atoms with van der Waals surface area (Å²) in [6, 6.07) is -0.699. The van der Waals surface area contributed by atoms with Gasteiger partial charge in [-0.05, 0) is 24.8 Å². The third-order valence-electron chi connectivity index (χ3n) is 2.89. The molecule has 0 unspecified atom stereocenters. The fourth-order valence-electron chi connectivity index (χ4n) is 2.02. The average molecular weight is 237 g/mol. The highest BCUT2D eigenvalue weighted by Crippen LogP contribution is 2.41. The van der Waals surface area contributed by atoms with Gasteiger partial charge in [0, 0.05) is 0 Å². The molecule has 0 aromatic heterocycles. The van der Waals surface area contributed by atoms with Gasteiger partial charge in [0.25, 0.3) is 0 Å². The molecule has 1 heterocycles. The van der Waals surface area contributed by atoms with Crippen LogP contribution in [0.2, 0.25) is 0 Å². The first-order valence-electron chi connectivity index (χ1n) is 4.82. The maximum atomic E-state index is 10.8. The Balaban J connectivity index is 2.66. The highest BCUT2D eigenvalue weighted by molar-refractivity contribution is 7.51. The van der Waals surface area contributed by atoms with E-state index in [9.17, 15) is 9.36 Å². The van der Waals surface area contributed by atoms with Crippen molar-refractivity contribution in [1.29, 1.82) is 0 Å². The molecule has 7 heteroatoms. The average Bonchev–Trinajstić information content (AvgIpc) is 2.05. The molecule has 0 amide bonds. The Hall–Kier alpha value is -0.420. The molecule has 1 fully saturated rings. The van der Waals surface area contributed by atoms with Gasteiger partial charge in [0.15, 0.2) is 0 Å². The molecule has 1 saturated heterocycles. The van der Waals surface area contributed by atoms with Crippen LogP contribution in [0.3, 0.4) is 0 Å². The van der Waals surface area contributed by atoms with Gasteiger partial charge >= 0.3 is 13.6 Å². The van der Waals surface area contributed by atoms with Gasteiger partial charge in [-0.25, -0.2) is 0 Å². The van der Waals surface area contributed by atoms with E-state index in [1.807, 2.05) is 0 Å². The Labute approximate surface area is 87.8 Å². The van der Waals surface area contributed by atoms with Gasteiger partial charge in [-0.15, -0.1) is 0 Å². The molecule has 0 aromatic carbocycles. The topological polar surface area (TPSA) is 107 Å². The van der Waals surface area contributed by atoms with Crippen LogP contribution in [0.4, 0.5) is 0 Å². The number of carbonyl (C=O) groups is 1. The van der Waals surface area contributed by atoms with Gasteiger partial charge in [0.05, 0.1) is 6.16 Å². The molecule has 15 heavy (non-hydrogen) atoms. The van der Waals surface area contributed by atoms with E-state index < -0.39 is 19.6 Å². The van der Waals surface area contributed by atoms with Gasteiger partial charge in [-0.3, -0.25) is 9.36 Å². The summed E-state index contributed by atoms with van der Waals surface area (Å²) < 4.78 is 10.8. The Kier molecular flexibility index (Phi) is 3.89. The largest absolute Gasteiger partial charge is 0.480 e. The molecular formula is C8H16NO5P. The summed E-state index contributed by atoms with van der Waals surface area (Å²) in [4.78, 5) is 28.5. The van der Waals surface area contributed by atoms with Crippen LogP contribution in [0.15, 0.2) is 0 Å². The van der Waals surface area contributed by atoms with Crippen molar-refractivity contribution in [2.45, 2.75) is 19.4 Å². The van der Waals surface area contributed by atoms with Gasteiger partial charge in [0.1, 0.15) is 6.04 Å². The summed E-state index contributed by atoms with van der Waals surface area (Å²) in [7, 11) is -4.05. The number of hydrogen-bond donors (Lipinski definition) is 4. The van der Waals surface area contributed by atoms with E-state index in [1.165, 1.54) is 0 Å². The van der Waals surface area contributed by atoms with Gasteiger partial charge in [0.2, 0.25) is 0 Å². The van der Waals surface area contributed by atoms with Crippen molar-refractivity contribution in [3.05, 3.63) is 0 Å². The molecule has 0 aliphatic carbocycles. The van der Waals surface area contributed by atoms with Crippen LogP contribution in [0.5, 0.6) is 0 Å². The molecule has 1 aliphatic rings. The van der Waals surface area contributed by atoms with Gasteiger partial charge in [-0.2, -0.15) is 0 Å². The van der Waals surface area contributed by atoms with Crippen molar-refractivity contribution < 1.29 is 24.3 Å². The van der Waals surface area contributed by atoms with Crippen molar-refractivity contribution in [1.82, 2.24) is 5.32 Å². The summed E-state index contributed by atoms with van der Waals surface area (Å²) in [6.45, 7) is 2.21. The maximum Gasteiger partial charge on any atom is 0.325 e. The standard InChI is InChI=1S/C8H16NO5P/c1-5-6(4-15(12,13)14)2-3-9-7(5)8(10)11/h5-7,9H,2-4H2,1H3,(H,10,11)(H2,12,13,14)/t5-,6+,7+/m1/s1. The smallest absolute Gasteiger partial charge is 0.325 e. The summed E-state index contributed by atoms with van der Waals surface area (Å²) in [5, 5.41) is 11.7. The van der Waals surface area contributed by atoms with Crippen LogP contribution >= 0.6 is 7.60 Å². The van der Waals surface area contributed by atoms with Crippen LogP contribution in [0.1, 0.15) is 13.3 Å². The fourth-order valence-corrected chi connectivity index (χ4v) is 3.15. The summed E-state index contributed by atoms with van der Waals surface area (Å²) in [6.07, 6.45) is 0.385. The molecule has 88 valence electrons. The first kappa shape index (κ1) is 12.6. The molecule has 0 bridgehead atoms. The second-order valence-corrected chi connectivity index (χ2v) is 5.72. The number of hydrogen-bond acceptors (Lipinski definition) is 3. The first-order valence-corrected chi connectivity index (χ1v) is 6.62. The predicted octanol–water partition coefficient (Wildman–Crippen LogP) is -0.137. The summed E-state index contributed by atoms with van der Waals surface area (Å²) in [5.41, 5.74) is 0. The van der Waals surface area contributed by atoms with Crippen LogP contribution in [0.25, 0.3) is 0 Å². The number of nitrogens with one attached hydrogen (secondary N) is 1. The molecule has 1 rings (SSSR count). The van der Waals surface area contributed by atoms with Crippen molar-refractivity contribution >= 4 is 13.6 Å². The van der Waals surface area contributed by atoms with Crippen LogP contribution in [-0.2, 0) is 9.36 Å². The second-order valence-electron chi connectivity index (χ2n) is 4.03. The third-order valence-corrected chi connectivity index (χ3v) is 3.83. The molecule has 1 aliphatic heterocycles. The minimum absolute atomic E-state index is 0.223.